The zero-order valence-electron chi connectivity index (χ0n) is 18.2. The molecule has 1 N–H and O–H groups in total. The summed E-state index contributed by atoms with van der Waals surface area (Å²) in [7, 11) is 0. The Labute approximate surface area is 197 Å². The molecule has 0 bridgehead atoms. The molecule has 1 aliphatic rings. The molecule has 0 radical (unpaired) electrons. The summed E-state index contributed by atoms with van der Waals surface area (Å²) in [6.45, 7) is 1.79. The van der Waals surface area contributed by atoms with Gasteiger partial charge in [0.25, 0.3) is 5.91 Å². The highest BCUT2D eigenvalue weighted by Crippen LogP contribution is 2.33. The van der Waals surface area contributed by atoms with Crippen molar-refractivity contribution < 1.29 is 14.4 Å². The van der Waals surface area contributed by atoms with Gasteiger partial charge in [0.2, 0.25) is 5.91 Å². The van der Waals surface area contributed by atoms with Crippen molar-refractivity contribution in [2.75, 3.05) is 11.4 Å². The average molecular weight is 462 g/mol. The average Bonchev–Trinajstić information content (AvgIpc) is 3.09. The number of amides is 4. The predicted molar refractivity (Wildman–Crippen MR) is 128 cm³/mol. The van der Waals surface area contributed by atoms with Crippen molar-refractivity contribution in [3.63, 3.8) is 0 Å². The Morgan fingerprint density at radius 2 is 1.55 bits per heavy atom. The van der Waals surface area contributed by atoms with Gasteiger partial charge in [-0.3, -0.25) is 14.5 Å². The predicted octanol–water partition coefficient (Wildman–Crippen LogP) is 4.73. The highest BCUT2D eigenvalue weighted by Gasteiger charge is 2.51. The van der Waals surface area contributed by atoms with Gasteiger partial charge in [0.05, 0.1) is 6.54 Å². The number of carbonyl (C=O) groups excluding carboxylic acids is 3. The van der Waals surface area contributed by atoms with Crippen molar-refractivity contribution >= 4 is 35.1 Å². The number of benzene rings is 3. The SMILES string of the molecule is CCC1(c2ccc(Cl)cc2)NC(=O)N(CC(=O)N(Cc2ccccc2)c2ccccc2)C1=O. The molecule has 1 aliphatic heterocycles. The molecular formula is C26H24ClN3O3. The molecule has 0 aliphatic carbocycles. The summed E-state index contributed by atoms with van der Waals surface area (Å²) in [5, 5.41) is 3.35. The Kier molecular flexibility index (Phi) is 6.47. The molecule has 1 fully saturated rings. The van der Waals surface area contributed by atoms with E-state index in [0.29, 0.717) is 29.2 Å². The molecule has 4 amide bonds. The molecule has 1 unspecified atom stereocenters. The molecule has 1 saturated heterocycles. The van der Waals surface area contributed by atoms with Gasteiger partial charge in [-0.25, -0.2) is 4.79 Å². The molecule has 0 aromatic heterocycles. The van der Waals surface area contributed by atoms with E-state index in [2.05, 4.69) is 5.32 Å². The zero-order chi connectivity index (χ0) is 23.4. The van der Waals surface area contributed by atoms with E-state index in [1.54, 1.807) is 29.2 Å². The lowest BCUT2D eigenvalue weighted by Gasteiger charge is -2.27. The maximum absolute atomic E-state index is 13.4. The summed E-state index contributed by atoms with van der Waals surface area (Å²) in [5.74, 6) is -0.796. The van der Waals surface area contributed by atoms with E-state index < -0.39 is 17.5 Å². The molecule has 0 spiro atoms. The monoisotopic (exact) mass is 461 g/mol. The number of rotatable bonds is 7. The lowest BCUT2D eigenvalue weighted by atomic mass is 9.87. The standard InChI is InChI=1S/C26H24ClN3O3/c1-2-26(20-13-15-21(27)16-14-20)24(32)30(25(33)28-26)18-23(31)29(22-11-7-4-8-12-22)17-19-9-5-3-6-10-19/h3-16H,2,17-18H2,1H3,(H,28,33). The van der Waals surface area contributed by atoms with Crippen LogP contribution in [0.3, 0.4) is 0 Å². The largest absolute Gasteiger partial charge is 0.325 e. The number of para-hydroxylation sites is 1. The quantitative estimate of drug-likeness (QED) is 0.517. The van der Waals surface area contributed by atoms with Crippen LogP contribution >= 0.6 is 11.6 Å². The zero-order valence-corrected chi connectivity index (χ0v) is 19.0. The van der Waals surface area contributed by atoms with Gasteiger partial charge in [-0.1, -0.05) is 79.2 Å². The van der Waals surface area contributed by atoms with Crippen LogP contribution in [0.15, 0.2) is 84.9 Å². The van der Waals surface area contributed by atoms with Crippen molar-refractivity contribution in [1.82, 2.24) is 10.2 Å². The minimum Gasteiger partial charge on any atom is -0.319 e. The van der Waals surface area contributed by atoms with Gasteiger partial charge in [0.15, 0.2) is 0 Å². The molecule has 168 valence electrons. The third-order valence-corrected chi connectivity index (χ3v) is 6.14. The Hall–Kier alpha value is -3.64. The summed E-state index contributed by atoms with van der Waals surface area (Å²) < 4.78 is 0. The smallest absolute Gasteiger partial charge is 0.319 e. The summed E-state index contributed by atoms with van der Waals surface area (Å²) in [4.78, 5) is 42.3. The Balaban J connectivity index is 1.60. The first-order chi connectivity index (χ1) is 15.9. The fourth-order valence-corrected chi connectivity index (χ4v) is 4.19. The molecule has 1 heterocycles. The van der Waals surface area contributed by atoms with E-state index in [1.165, 1.54) is 0 Å². The number of urea groups is 1. The molecule has 3 aromatic rings. The third-order valence-electron chi connectivity index (χ3n) is 5.89. The van der Waals surface area contributed by atoms with Crippen LogP contribution in [0.4, 0.5) is 10.5 Å². The van der Waals surface area contributed by atoms with Crippen LogP contribution in [0.5, 0.6) is 0 Å². The number of hydrogen-bond acceptors (Lipinski definition) is 3. The van der Waals surface area contributed by atoms with Crippen molar-refractivity contribution in [1.29, 1.82) is 0 Å². The third kappa shape index (κ3) is 4.47. The topological polar surface area (TPSA) is 69.7 Å². The first kappa shape index (κ1) is 22.6. The highest BCUT2D eigenvalue weighted by atomic mass is 35.5. The van der Waals surface area contributed by atoms with Crippen LogP contribution < -0.4 is 10.2 Å². The number of nitrogens with one attached hydrogen (secondary N) is 1. The number of anilines is 1. The van der Waals surface area contributed by atoms with Crippen molar-refractivity contribution in [3.8, 4) is 0 Å². The van der Waals surface area contributed by atoms with Crippen molar-refractivity contribution in [3.05, 3.63) is 101 Å². The highest BCUT2D eigenvalue weighted by molar-refractivity contribution is 6.30. The minimum absolute atomic E-state index is 0.323. The molecule has 1 atom stereocenters. The fraction of sp³-hybridized carbons (Fsp3) is 0.192. The number of hydrogen-bond donors (Lipinski definition) is 1. The van der Waals surface area contributed by atoms with Crippen LogP contribution in [0.2, 0.25) is 5.02 Å². The molecule has 4 rings (SSSR count). The number of carbonyl (C=O) groups is 3. The van der Waals surface area contributed by atoms with Gasteiger partial charge in [-0.2, -0.15) is 0 Å². The van der Waals surface area contributed by atoms with Gasteiger partial charge in [-0.15, -0.1) is 0 Å². The van der Waals surface area contributed by atoms with Gasteiger partial charge in [0.1, 0.15) is 12.1 Å². The Morgan fingerprint density at radius 1 is 0.939 bits per heavy atom. The van der Waals surface area contributed by atoms with Gasteiger partial charge >= 0.3 is 6.03 Å². The number of imide groups is 1. The fourth-order valence-electron chi connectivity index (χ4n) is 4.06. The Bertz CT molecular complexity index is 1150. The van der Waals surface area contributed by atoms with Crippen LogP contribution in [0.1, 0.15) is 24.5 Å². The first-order valence-electron chi connectivity index (χ1n) is 10.7. The lowest BCUT2D eigenvalue weighted by molar-refractivity contribution is -0.134. The molecule has 3 aromatic carbocycles. The number of nitrogens with zero attached hydrogens (tertiary/aromatic N) is 2. The van der Waals surface area contributed by atoms with Crippen LogP contribution in [0, 0.1) is 0 Å². The van der Waals surface area contributed by atoms with Crippen molar-refractivity contribution in [2.45, 2.75) is 25.4 Å². The van der Waals surface area contributed by atoms with E-state index in [1.807, 2.05) is 67.6 Å². The molecule has 0 saturated carbocycles. The van der Waals surface area contributed by atoms with Crippen molar-refractivity contribution in [2.24, 2.45) is 0 Å². The van der Waals surface area contributed by atoms with E-state index in [-0.39, 0.29) is 12.5 Å². The van der Waals surface area contributed by atoms with Gasteiger partial charge in [0, 0.05) is 10.7 Å². The molecule has 33 heavy (non-hydrogen) atoms. The second-order valence-corrected chi connectivity index (χ2v) is 8.32. The molecule has 6 nitrogen and oxygen atoms in total. The van der Waals surface area contributed by atoms with Crippen LogP contribution in [0.25, 0.3) is 0 Å². The Morgan fingerprint density at radius 3 is 2.15 bits per heavy atom. The molecular weight excluding hydrogens is 438 g/mol. The van der Waals surface area contributed by atoms with Gasteiger partial charge < -0.3 is 10.2 Å². The second-order valence-electron chi connectivity index (χ2n) is 7.89. The normalized spacial score (nSPS) is 17.7. The van der Waals surface area contributed by atoms with Gasteiger partial charge in [-0.05, 0) is 41.8 Å². The van der Waals surface area contributed by atoms with E-state index in [9.17, 15) is 14.4 Å². The maximum atomic E-state index is 13.4. The van der Waals surface area contributed by atoms with Crippen LogP contribution in [-0.2, 0) is 21.7 Å². The second kappa shape index (κ2) is 9.46. The lowest BCUT2D eigenvalue weighted by Crippen LogP contribution is -2.45. The summed E-state index contributed by atoms with van der Waals surface area (Å²) in [5.41, 5.74) is 1.04. The maximum Gasteiger partial charge on any atom is 0.325 e. The summed E-state index contributed by atoms with van der Waals surface area (Å²) >= 11 is 6.00. The minimum atomic E-state index is -1.22. The summed E-state index contributed by atoms with van der Waals surface area (Å²) in [6.07, 6.45) is 0.344. The van der Waals surface area contributed by atoms with E-state index >= 15 is 0 Å². The first-order valence-corrected chi connectivity index (χ1v) is 11.1. The van der Waals surface area contributed by atoms with E-state index in [4.69, 9.17) is 11.6 Å². The number of halogens is 1. The molecule has 7 heteroatoms. The summed E-state index contributed by atoms with van der Waals surface area (Å²) in [6, 6.07) is 25.0. The van der Waals surface area contributed by atoms with E-state index in [0.717, 1.165) is 10.5 Å². The van der Waals surface area contributed by atoms with Crippen LogP contribution in [-0.4, -0.2) is 29.3 Å².